The average molecular weight is 288 g/mol. The van der Waals surface area contributed by atoms with Gasteiger partial charge in [0, 0.05) is 29.4 Å². The molecular weight excluding hydrogens is 264 g/mol. The third-order valence-corrected chi connectivity index (χ3v) is 4.91. The number of hydrogen-bond acceptors (Lipinski definition) is 4. The molecule has 21 heavy (non-hydrogen) atoms. The molecule has 114 valence electrons. The first-order valence-electron chi connectivity index (χ1n) is 7.80. The number of rotatable bonds is 2. The van der Waals surface area contributed by atoms with Gasteiger partial charge < -0.3 is 16.0 Å². The van der Waals surface area contributed by atoms with Crippen molar-refractivity contribution in [1.82, 2.24) is 15.2 Å². The van der Waals surface area contributed by atoms with Crippen LogP contribution in [0.15, 0.2) is 12.1 Å². The van der Waals surface area contributed by atoms with Crippen molar-refractivity contribution in [1.29, 1.82) is 0 Å². The normalized spacial score (nSPS) is 29.1. The molecule has 2 unspecified atom stereocenters. The molecule has 1 amide bonds. The smallest absolute Gasteiger partial charge is 0.251 e. The van der Waals surface area contributed by atoms with Crippen LogP contribution in [0.4, 0.5) is 5.82 Å². The van der Waals surface area contributed by atoms with E-state index in [0.29, 0.717) is 23.5 Å². The van der Waals surface area contributed by atoms with Gasteiger partial charge in [-0.25, -0.2) is 4.98 Å². The van der Waals surface area contributed by atoms with E-state index in [0.717, 1.165) is 18.5 Å². The molecule has 0 spiro atoms. The van der Waals surface area contributed by atoms with Crippen LogP contribution in [-0.2, 0) is 0 Å². The van der Waals surface area contributed by atoms with E-state index >= 15 is 0 Å². The summed E-state index contributed by atoms with van der Waals surface area (Å²) < 4.78 is 0. The molecule has 3 N–H and O–H groups in total. The van der Waals surface area contributed by atoms with Gasteiger partial charge in [0.25, 0.3) is 5.91 Å². The van der Waals surface area contributed by atoms with Gasteiger partial charge in [-0.15, -0.1) is 0 Å². The first-order chi connectivity index (χ1) is 10.0. The van der Waals surface area contributed by atoms with Crippen molar-refractivity contribution < 1.29 is 4.79 Å². The van der Waals surface area contributed by atoms with E-state index in [-0.39, 0.29) is 11.9 Å². The number of fused-ring (bicyclic) bond motifs is 2. The number of carbonyl (C=O) groups is 1. The zero-order valence-electron chi connectivity index (χ0n) is 12.8. The minimum absolute atomic E-state index is 0.0279. The second-order valence-corrected chi connectivity index (χ2v) is 6.47. The fourth-order valence-electron chi connectivity index (χ4n) is 3.83. The Morgan fingerprint density at radius 3 is 2.62 bits per heavy atom. The van der Waals surface area contributed by atoms with Crippen molar-refractivity contribution in [3.63, 3.8) is 0 Å². The van der Waals surface area contributed by atoms with Crippen LogP contribution < -0.4 is 11.1 Å². The maximum atomic E-state index is 12.4. The summed E-state index contributed by atoms with van der Waals surface area (Å²) in [4.78, 5) is 19.0. The Balaban J connectivity index is 1.68. The zero-order chi connectivity index (χ0) is 15.0. The molecule has 1 aromatic heterocycles. The first-order valence-corrected chi connectivity index (χ1v) is 7.80. The van der Waals surface area contributed by atoms with Crippen LogP contribution in [0.25, 0.3) is 0 Å². The highest BCUT2D eigenvalue weighted by Gasteiger charge is 2.36. The van der Waals surface area contributed by atoms with Crippen molar-refractivity contribution >= 4 is 11.7 Å². The summed E-state index contributed by atoms with van der Waals surface area (Å²) in [5.41, 5.74) is 7.12. The molecular formula is C16H24N4O. The van der Waals surface area contributed by atoms with Gasteiger partial charge in [-0.2, -0.15) is 0 Å². The van der Waals surface area contributed by atoms with Crippen LogP contribution in [-0.4, -0.2) is 41.0 Å². The quantitative estimate of drug-likeness (QED) is 0.869. The van der Waals surface area contributed by atoms with Crippen molar-refractivity contribution in [3.05, 3.63) is 23.4 Å². The highest BCUT2D eigenvalue weighted by Crippen LogP contribution is 2.32. The van der Waals surface area contributed by atoms with E-state index in [1.807, 2.05) is 6.92 Å². The summed E-state index contributed by atoms with van der Waals surface area (Å²) in [6.07, 6.45) is 5.93. The molecule has 2 aliphatic heterocycles. The number of aryl methyl sites for hydroxylation is 1. The van der Waals surface area contributed by atoms with Gasteiger partial charge in [-0.1, -0.05) is 6.42 Å². The lowest BCUT2D eigenvalue weighted by molar-refractivity contribution is 0.0463. The molecule has 2 aliphatic rings. The lowest BCUT2D eigenvalue weighted by atomic mass is 9.82. The van der Waals surface area contributed by atoms with Gasteiger partial charge in [0.05, 0.1) is 0 Å². The molecule has 0 aromatic carbocycles. The second kappa shape index (κ2) is 5.64. The molecule has 0 saturated carbocycles. The maximum Gasteiger partial charge on any atom is 0.251 e. The number of piperidine rings is 2. The van der Waals surface area contributed by atoms with E-state index < -0.39 is 0 Å². The lowest BCUT2D eigenvalue weighted by Gasteiger charge is -2.47. The molecule has 3 rings (SSSR count). The van der Waals surface area contributed by atoms with E-state index in [9.17, 15) is 4.79 Å². The molecule has 0 radical (unpaired) electrons. The topological polar surface area (TPSA) is 71.2 Å². The van der Waals surface area contributed by atoms with Gasteiger partial charge in [0.15, 0.2) is 0 Å². The third-order valence-electron chi connectivity index (χ3n) is 4.91. The van der Waals surface area contributed by atoms with Gasteiger partial charge in [-0.3, -0.25) is 4.79 Å². The lowest BCUT2D eigenvalue weighted by Crippen LogP contribution is -2.55. The predicted octanol–water partition coefficient (Wildman–Crippen LogP) is 1.72. The maximum absolute atomic E-state index is 12.4. The van der Waals surface area contributed by atoms with Crippen LogP contribution in [0.2, 0.25) is 0 Å². The number of nitrogens with two attached hydrogens (primary N) is 1. The van der Waals surface area contributed by atoms with Crippen molar-refractivity contribution in [3.8, 4) is 0 Å². The van der Waals surface area contributed by atoms with E-state index in [2.05, 4.69) is 22.2 Å². The largest absolute Gasteiger partial charge is 0.384 e. The second-order valence-electron chi connectivity index (χ2n) is 6.47. The number of hydrogen-bond donors (Lipinski definition) is 2. The average Bonchev–Trinajstić information content (AvgIpc) is 2.38. The molecule has 2 fully saturated rings. The SMILES string of the molecule is Cc1cc(C(=O)NC2CC3CCCC(C2)N3C)cc(N)n1. The third kappa shape index (κ3) is 3.02. The Labute approximate surface area is 125 Å². The Morgan fingerprint density at radius 1 is 1.33 bits per heavy atom. The number of anilines is 1. The molecule has 0 aliphatic carbocycles. The number of amides is 1. The number of aromatic nitrogens is 1. The number of pyridine rings is 1. The molecule has 5 heteroatoms. The summed E-state index contributed by atoms with van der Waals surface area (Å²) in [6, 6.07) is 4.96. The van der Waals surface area contributed by atoms with Crippen LogP contribution in [0.5, 0.6) is 0 Å². The Bertz CT molecular complexity index is 511. The van der Waals surface area contributed by atoms with Crippen molar-refractivity contribution in [2.45, 2.75) is 57.2 Å². The summed E-state index contributed by atoms with van der Waals surface area (Å²) in [6.45, 7) is 1.85. The van der Waals surface area contributed by atoms with E-state index in [1.165, 1.54) is 19.3 Å². The minimum Gasteiger partial charge on any atom is -0.384 e. The number of nitrogen functional groups attached to an aromatic ring is 1. The van der Waals surface area contributed by atoms with Crippen molar-refractivity contribution in [2.24, 2.45) is 0 Å². The highest BCUT2D eigenvalue weighted by molar-refractivity contribution is 5.95. The fourth-order valence-corrected chi connectivity index (χ4v) is 3.83. The molecule has 2 bridgehead atoms. The van der Waals surface area contributed by atoms with E-state index in [4.69, 9.17) is 5.73 Å². The van der Waals surface area contributed by atoms with Gasteiger partial charge in [-0.05, 0) is 51.8 Å². The molecule has 2 atom stereocenters. The molecule has 3 heterocycles. The fraction of sp³-hybridized carbons (Fsp3) is 0.625. The number of carbonyl (C=O) groups excluding carboxylic acids is 1. The summed E-state index contributed by atoms with van der Waals surface area (Å²) in [5.74, 6) is 0.375. The zero-order valence-corrected chi connectivity index (χ0v) is 12.8. The Kier molecular flexibility index (Phi) is 3.85. The van der Waals surface area contributed by atoms with Gasteiger partial charge in [0.1, 0.15) is 5.82 Å². The van der Waals surface area contributed by atoms with Crippen LogP contribution in [0.3, 0.4) is 0 Å². The standard InChI is InChI=1S/C16H24N4O/c1-10-6-11(7-15(17)18-10)16(21)19-12-8-13-4-3-5-14(9-12)20(13)2/h6-7,12-14H,3-5,8-9H2,1-2H3,(H2,17,18)(H,19,21). The molecule has 1 aromatic rings. The number of nitrogens with one attached hydrogen (secondary N) is 1. The molecule has 5 nitrogen and oxygen atoms in total. The summed E-state index contributed by atoms with van der Waals surface area (Å²) in [5, 5.41) is 3.19. The summed E-state index contributed by atoms with van der Waals surface area (Å²) in [7, 11) is 2.22. The van der Waals surface area contributed by atoms with Crippen LogP contribution >= 0.6 is 0 Å². The van der Waals surface area contributed by atoms with Crippen molar-refractivity contribution in [2.75, 3.05) is 12.8 Å². The summed E-state index contributed by atoms with van der Waals surface area (Å²) >= 11 is 0. The predicted molar refractivity (Wildman–Crippen MR) is 83.1 cm³/mol. The Morgan fingerprint density at radius 2 is 2.00 bits per heavy atom. The Hall–Kier alpha value is -1.62. The minimum atomic E-state index is -0.0279. The number of nitrogens with zero attached hydrogens (tertiary/aromatic N) is 2. The van der Waals surface area contributed by atoms with E-state index in [1.54, 1.807) is 12.1 Å². The highest BCUT2D eigenvalue weighted by atomic mass is 16.1. The van der Waals surface area contributed by atoms with Crippen LogP contribution in [0, 0.1) is 6.92 Å². The molecule has 2 saturated heterocycles. The van der Waals surface area contributed by atoms with Gasteiger partial charge in [0.2, 0.25) is 0 Å². The first kappa shape index (κ1) is 14.3. The van der Waals surface area contributed by atoms with Crippen LogP contribution in [0.1, 0.15) is 48.2 Å². The van der Waals surface area contributed by atoms with Gasteiger partial charge >= 0.3 is 0 Å². The monoisotopic (exact) mass is 288 g/mol.